The largest absolute Gasteiger partial charge is 0.350 e. The minimum absolute atomic E-state index is 0.430. The predicted molar refractivity (Wildman–Crippen MR) is 80.7 cm³/mol. The second-order valence-electron chi connectivity index (χ2n) is 4.61. The molecule has 0 unspecified atom stereocenters. The molecule has 0 saturated carbocycles. The zero-order valence-electron chi connectivity index (χ0n) is 10.9. The number of aromatic nitrogens is 3. The molecule has 0 amide bonds. The molecule has 0 bridgehead atoms. The normalized spacial score (nSPS) is 11.4. The van der Waals surface area contributed by atoms with Crippen molar-refractivity contribution in [3.8, 4) is 11.3 Å². The summed E-state index contributed by atoms with van der Waals surface area (Å²) in [5, 5.41) is 5.68. The molecule has 0 aliphatic carbocycles. The zero-order valence-corrected chi connectivity index (χ0v) is 12.5. The summed E-state index contributed by atoms with van der Waals surface area (Å²) in [6.45, 7) is 0.430. The summed E-state index contributed by atoms with van der Waals surface area (Å²) in [6.07, 6.45) is 2.13. The number of rotatable bonds is 2. The molecule has 1 aromatic carbocycles. The third kappa shape index (κ3) is 1.81. The minimum atomic E-state index is 0.430. The van der Waals surface area contributed by atoms with Crippen LogP contribution in [0.25, 0.3) is 22.2 Å². The number of hydrogen-bond acceptors (Lipinski definition) is 2. The van der Waals surface area contributed by atoms with Gasteiger partial charge in [-0.15, -0.1) is 0 Å². The molecule has 3 aromatic rings. The zero-order chi connectivity index (χ0) is 13.6. The van der Waals surface area contributed by atoms with Gasteiger partial charge in [-0.3, -0.25) is 4.68 Å². The van der Waals surface area contributed by atoms with Crippen molar-refractivity contribution in [2.45, 2.75) is 6.54 Å². The van der Waals surface area contributed by atoms with E-state index >= 15 is 0 Å². The summed E-state index contributed by atoms with van der Waals surface area (Å²) in [4.78, 5) is 0. The van der Waals surface area contributed by atoms with Gasteiger partial charge in [-0.2, -0.15) is 5.10 Å². The lowest BCUT2D eigenvalue weighted by Gasteiger charge is -2.01. The van der Waals surface area contributed by atoms with Gasteiger partial charge in [0.1, 0.15) is 0 Å². The number of halogens is 1. The maximum absolute atomic E-state index is 5.72. The van der Waals surface area contributed by atoms with Crippen molar-refractivity contribution in [3.63, 3.8) is 0 Å². The van der Waals surface area contributed by atoms with Crippen LogP contribution in [0, 0.1) is 0 Å². The summed E-state index contributed by atoms with van der Waals surface area (Å²) in [5.74, 6) is 0. The Morgan fingerprint density at radius 1 is 1.26 bits per heavy atom. The van der Waals surface area contributed by atoms with E-state index in [4.69, 9.17) is 5.73 Å². The lowest BCUT2D eigenvalue weighted by Crippen LogP contribution is -1.99. The summed E-state index contributed by atoms with van der Waals surface area (Å²) >= 11 is 3.62. The SMILES string of the molecule is Cn1nc(CN)c(Br)c1-c1cn(C)c2ccccc12. The van der Waals surface area contributed by atoms with Crippen molar-refractivity contribution in [2.24, 2.45) is 19.8 Å². The molecule has 0 aliphatic rings. The molecule has 0 aliphatic heterocycles. The Hall–Kier alpha value is -1.59. The Kier molecular flexibility index (Phi) is 2.95. The number of fused-ring (bicyclic) bond motifs is 1. The van der Waals surface area contributed by atoms with E-state index in [9.17, 15) is 0 Å². The third-order valence-electron chi connectivity index (χ3n) is 3.40. The Balaban J connectivity index is 2.34. The van der Waals surface area contributed by atoms with Crippen molar-refractivity contribution in [3.05, 3.63) is 40.6 Å². The second-order valence-corrected chi connectivity index (χ2v) is 5.40. The number of hydrogen-bond donors (Lipinski definition) is 1. The quantitative estimate of drug-likeness (QED) is 0.789. The Labute approximate surface area is 119 Å². The average Bonchev–Trinajstić information content (AvgIpc) is 2.88. The Morgan fingerprint density at radius 2 is 2.00 bits per heavy atom. The topological polar surface area (TPSA) is 48.8 Å². The van der Waals surface area contributed by atoms with E-state index in [-0.39, 0.29) is 0 Å². The standard InChI is InChI=1S/C14H15BrN4/c1-18-8-10(9-5-3-4-6-12(9)18)14-13(15)11(7-16)17-19(14)2/h3-6,8H,7,16H2,1-2H3. The molecule has 2 aromatic heterocycles. The first-order valence-electron chi connectivity index (χ1n) is 6.09. The first kappa shape index (κ1) is 12.4. The first-order valence-corrected chi connectivity index (χ1v) is 6.88. The fraction of sp³-hybridized carbons (Fsp3) is 0.214. The van der Waals surface area contributed by atoms with E-state index in [0.29, 0.717) is 6.54 Å². The Morgan fingerprint density at radius 3 is 2.68 bits per heavy atom. The monoisotopic (exact) mass is 318 g/mol. The average molecular weight is 319 g/mol. The molecular formula is C14H15BrN4. The van der Waals surface area contributed by atoms with Crippen LogP contribution in [0.1, 0.15) is 5.69 Å². The fourth-order valence-corrected chi connectivity index (χ4v) is 3.22. The van der Waals surface area contributed by atoms with Crippen molar-refractivity contribution < 1.29 is 0 Å². The maximum Gasteiger partial charge on any atom is 0.0908 e. The molecule has 2 N–H and O–H groups in total. The van der Waals surface area contributed by atoms with Gasteiger partial charge in [-0.05, 0) is 22.0 Å². The number of nitrogens with zero attached hydrogens (tertiary/aromatic N) is 3. The highest BCUT2D eigenvalue weighted by atomic mass is 79.9. The molecule has 2 heterocycles. The van der Waals surface area contributed by atoms with Gasteiger partial charge in [0, 0.05) is 43.3 Å². The second kappa shape index (κ2) is 4.51. The minimum Gasteiger partial charge on any atom is -0.350 e. The van der Waals surface area contributed by atoms with E-state index in [2.05, 4.69) is 63.1 Å². The van der Waals surface area contributed by atoms with Gasteiger partial charge in [0.25, 0.3) is 0 Å². The van der Waals surface area contributed by atoms with Crippen molar-refractivity contribution in [2.75, 3.05) is 0 Å². The van der Waals surface area contributed by atoms with Crippen molar-refractivity contribution in [1.82, 2.24) is 14.3 Å². The van der Waals surface area contributed by atoms with Crippen LogP contribution >= 0.6 is 15.9 Å². The van der Waals surface area contributed by atoms with Crippen molar-refractivity contribution >= 4 is 26.8 Å². The van der Waals surface area contributed by atoms with Crippen LogP contribution in [0.3, 0.4) is 0 Å². The fourth-order valence-electron chi connectivity index (χ4n) is 2.51. The Bertz CT molecular complexity index is 754. The van der Waals surface area contributed by atoms with E-state index in [0.717, 1.165) is 15.9 Å². The van der Waals surface area contributed by atoms with Gasteiger partial charge < -0.3 is 10.3 Å². The van der Waals surface area contributed by atoms with Crippen LogP contribution in [-0.2, 0) is 20.6 Å². The molecule has 0 spiro atoms. The van der Waals surface area contributed by atoms with Crippen LogP contribution < -0.4 is 5.73 Å². The molecule has 0 fully saturated rings. The number of benzene rings is 1. The lowest BCUT2D eigenvalue weighted by molar-refractivity contribution is 0.749. The molecular weight excluding hydrogens is 304 g/mol. The maximum atomic E-state index is 5.72. The summed E-state index contributed by atoms with van der Waals surface area (Å²) in [6, 6.07) is 8.36. The van der Waals surface area contributed by atoms with Crippen LogP contribution in [0.5, 0.6) is 0 Å². The van der Waals surface area contributed by atoms with Gasteiger partial charge in [-0.1, -0.05) is 18.2 Å². The van der Waals surface area contributed by atoms with Gasteiger partial charge in [0.2, 0.25) is 0 Å². The smallest absolute Gasteiger partial charge is 0.0908 e. The highest BCUT2D eigenvalue weighted by Crippen LogP contribution is 2.36. The van der Waals surface area contributed by atoms with E-state index in [1.807, 2.05) is 11.7 Å². The molecule has 19 heavy (non-hydrogen) atoms. The van der Waals surface area contributed by atoms with E-state index in [1.54, 1.807) is 0 Å². The van der Waals surface area contributed by atoms with E-state index < -0.39 is 0 Å². The number of nitrogens with two attached hydrogens (primary N) is 1. The summed E-state index contributed by atoms with van der Waals surface area (Å²) in [5.41, 5.74) is 10.0. The summed E-state index contributed by atoms with van der Waals surface area (Å²) < 4.78 is 4.99. The number of aryl methyl sites for hydroxylation is 2. The van der Waals surface area contributed by atoms with Crippen LogP contribution in [-0.4, -0.2) is 14.3 Å². The van der Waals surface area contributed by atoms with Crippen LogP contribution in [0.2, 0.25) is 0 Å². The van der Waals surface area contributed by atoms with Crippen molar-refractivity contribution in [1.29, 1.82) is 0 Å². The number of para-hydroxylation sites is 1. The third-order valence-corrected chi connectivity index (χ3v) is 4.23. The van der Waals surface area contributed by atoms with E-state index in [1.165, 1.54) is 16.5 Å². The molecule has 98 valence electrons. The van der Waals surface area contributed by atoms with Crippen LogP contribution in [0.15, 0.2) is 34.9 Å². The molecule has 3 rings (SSSR count). The highest BCUT2D eigenvalue weighted by Gasteiger charge is 2.18. The molecule has 4 nitrogen and oxygen atoms in total. The predicted octanol–water partition coefficient (Wildman–Crippen LogP) is 2.80. The molecule has 5 heteroatoms. The highest BCUT2D eigenvalue weighted by molar-refractivity contribution is 9.10. The van der Waals surface area contributed by atoms with Gasteiger partial charge in [0.05, 0.1) is 15.9 Å². The summed E-state index contributed by atoms with van der Waals surface area (Å²) in [7, 11) is 4.00. The van der Waals surface area contributed by atoms with Gasteiger partial charge >= 0.3 is 0 Å². The van der Waals surface area contributed by atoms with Gasteiger partial charge in [-0.25, -0.2) is 0 Å². The van der Waals surface area contributed by atoms with Crippen LogP contribution in [0.4, 0.5) is 0 Å². The lowest BCUT2D eigenvalue weighted by atomic mass is 10.1. The molecule has 0 atom stereocenters. The molecule has 0 saturated heterocycles. The first-order chi connectivity index (χ1) is 9.13. The van der Waals surface area contributed by atoms with Gasteiger partial charge in [0.15, 0.2) is 0 Å². The molecule has 0 radical (unpaired) electrons.